The lowest BCUT2D eigenvalue weighted by Gasteiger charge is -2.11. The minimum Gasteiger partial charge on any atom is -0.423 e. The standard InChI is InChI=1S/C18H19N5O3/c1-11-13(16(24)19-9-12-5-4-8-25-12)10-20-17(21-11)23-18-22-14-6-2-3-7-15(14)26-18/h2-3,6-7,10,12H,4-5,8-9H2,1H3,(H,19,24)(H,20,21,22,23)/t12-/m0/s1. The van der Waals surface area contributed by atoms with Crippen LogP contribution in [0.1, 0.15) is 28.9 Å². The highest BCUT2D eigenvalue weighted by Crippen LogP contribution is 2.20. The highest BCUT2D eigenvalue weighted by atomic mass is 16.5. The molecule has 8 nitrogen and oxygen atoms in total. The van der Waals surface area contributed by atoms with Crippen LogP contribution in [0.3, 0.4) is 0 Å². The molecule has 3 heterocycles. The van der Waals surface area contributed by atoms with Gasteiger partial charge in [-0.2, -0.15) is 4.98 Å². The number of carbonyl (C=O) groups excluding carboxylic acids is 1. The Bertz CT molecular complexity index is 900. The van der Waals surface area contributed by atoms with Gasteiger partial charge in [-0.05, 0) is 31.9 Å². The van der Waals surface area contributed by atoms with Crippen molar-refractivity contribution >= 4 is 29.0 Å². The Kier molecular flexibility index (Phi) is 4.49. The van der Waals surface area contributed by atoms with Crippen molar-refractivity contribution < 1.29 is 13.9 Å². The molecule has 1 amide bonds. The molecule has 1 fully saturated rings. The fourth-order valence-electron chi connectivity index (χ4n) is 2.88. The second kappa shape index (κ2) is 7.09. The number of aryl methyl sites for hydroxylation is 1. The number of benzene rings is 1. The summed E-state index contributed by atoms with van der Waals surface area (Å²) in [6, 6.07) is 7.76. The van der Waals surface area contributed by atoms with Gasteiger partial charge in [0.1, 0.15) is 5.52 Å². The van der Waals surface area contributed by atoms with E-state index in [2.05, 4.69) is 25.6 Å². The Labute approximate surface area is 150 Å². The van der Waals surface area contributed by atoms with Gasteiger partial charge in [0.05, 0.1) is 17.4 Å². The van der Waals surface area contributed by atoms with Crippen LogP contribution in [0.4, 0.5) is 12.0 Å². The average molecular weight is 353 g/mol. The highest BCUT2D eigenvalue weighted by molar-refractivity contribution is 5.95. The number of aromatic nitrogens is 3. The summed E-state index contributed by atoms with van der Waals surface area (Å²) >= 11 is 0. The van der Waals surface area contributed by atoms with Crippen LogP contribution in [-0.2, 0) is 4.74 Å². The quantitative estimate of drug-likeness (QED) is 0.727. The normalized spacial score (nSPS) is 16.7. The zero-order chi connectivity index (χ0) is 17.9. The van der Waals surface area contributed by atoms with Crippen LogP contribution >= 0.6 is 0 Å². The van der Waals surface area contributed by atoms with Crippen LogP contribution in [-0.4, -0.2) is 40.1 Å². The largest absolute Gasteiger partial charge is 0.423 e. The van der Waals surface area contributed by atoms with Crippen LogP contribution in [0.2, 0.25) is 0 Å². The molecule has 0 bridgehead atoms. The van der Waals surface area contributed by atoms with Gasteiger partial charge in [0.25, 0.3) is 5.91 Å². The lowest BCUT2D eigenvalue weighted by Crippen LogP contribution is -2.32. The third kappa shape index (κ3) is 3.50. The fraction of sp³-hybridized carbons (Fsp3) is 0.333. The van der Waals surface area contributed by atoms with E-state index in [-0.39, 0.29) is 12.0 Å². The molecule has 1 aliphatic rings. The summed E-state index contributed by atoms with van der Waals surface area (Å²) in [4.78, 5) is 25.1. The molecule has 3 aromatic rings. The molecule has 1 aromatic carbocycles. The third-order valence-corrected chi connectivity index (χ3v) is 4.25. The van der Waals surface area contributed by atoms with Gasteiger partial charge in [-0.3, -0.25) is 10.1 Å². The molecule has 26 heavy (non-hydrogen) atoms. The zero-order valence-corrected chi connectivity index (χ0v) is 14.4. The molecular weight excluding hydrogens is 334 g/mol. The molecule has 0 saturated carbocycles. The summed E-state index contributed by atoms with van der Waals surface area (Å²) in [6.07, 6.45) is 3.61. The van der Waals surface area contributed by atoms with Crippen molar-refractivity contribution in [2.45, 2.75) is 25.9 Å². The van der Waals surface area contributed by atoms with Gasteiger partial charge in [0, 0.05) is 19.3 Å². The molecule has 2 N–H and O–H groups in total. The number of ether oxygens (including phenoxy) is 1. The van der Waals surface area contributed by atoms with E-state index in [4.69, 9.17) is 9.15 Å². The Morgan fingerprint density at radius 3 is 2.96 bits per heavy atom. The first-order valence-electron chi connectivity index (χ1n) is 8.55. The summed E-state index contributed by atoms with van der Waals surface area (Å²) in [7, 11) is 0. The number of para-hydroxylation sites is 2. The number of rotatable bonds is 5. The lowest BCUT2D eigenvalue weighted by molar-refractivity contribution is 0.0856. The van der Waals surface area contributed by atoms with Crippen molar-refractivity contribution in [3.63, 3.8) is 0 Å². The number of anilines is 2. The van der Waals surface area contributed by atoms with E-state index in [1.807, 2.05) is 24.3 Å². The van der Waals surface area contributed by atoms with E-state index in [0.29, 0.717) is 35.3 Å². The van der Waals surface area contributed by atoms with Crippen LogP contribution in [0.5, 0.6) is 0 Å². The number of amides is 1. The minimum absolute atomic E-state index is 0.0975. The van der Waals surface area contributed by atoms with Crippen LogP contribution in [0.15, 0.2) is 34.9 Å². The Hall–Kier alpha value is -3.00. The molecule has 0 aliphatic carbocycles. The number of carbonyl (C=O) groups is 1. The second-order valence-corrected chi connectivity index (χ2v) is 6.15. The van der Waals surface area contributed by atoms with Crippen molar-refractivity contribution in [1.82, 2.24) is 20.3 Å². The number of hydrogen-bond donors (Lipinski definition) is 2. The van der Waals surface area contributed by atoms with Gasteiger partial charge >= 0.3 is 6.01 Å². The maximum absolute atomic E-state index is 12.3. The Balaban J connectivity index is 1.43. The number of hydrogen-bond acceptors (Lipinski definition) is 7. The zero-order valence-electron chi connectivity index (χ0n) is 14.4. The monoisotopic (exact) mass is 353 g/mol. The molecule has 2 aromatic heterocycles. The summed E-state index contributed by atoms with van der Waals surface area (Å²) in [5, 5.41) is 5.80. The van der Waals surface area contributed by atoms with Gasteiger partial charge in [-0.15, -0.1) is 0 Å². The second-order valence-electron chi connectivity index (χ2n) is 6.15. The SMILES string of the molecule is Cc1nc(Nc2nc3ccccc3o2)ncc1C(=O)NC[C@@H]1CCCO1. The van der Waals surface area contributed by atoms with Crippen LogP contribution in [0.25, 0.3) is 11.1 Å². The molecule has 1 aliphatic heterocycles. The lowest BCUT2D eigenvalue weighted by atomic mass is 10.2. The van der Waals surface area contributed by atoms with Gasteiger partial charge in [0.15, 0.2) is 5.58 Å². The van der Waals surface area contributed by atoms with Crippen molar-refractivity contribution in [3.05, 3.63) is 41.7 Å². The van der Waals surface area contributed by atoms with Crippen LogP contribution in [0, 0.1) is 6.92 Å². The smallest absolute Gasteiger partial charge is 0.302 e. The molecule has 4 rings (SSSR count). The summed E-state index contributed by atoms with van der Waals surface area (Å²) < 4.78 is 11.1. The molecule has 0 spiro atoms. The average Bonchev–Trinajstić information content (AvgIpc) is 3.28. The summed E-state index contributed by atoms with van der Waals surface area (Å²) in [6.45, 7) is 3.03. The molecule has 1 atom stereocenters. The number of nitrogens with zero attached hydrogens (tertiary/aromatic N) is 3. The maximum atomic E-state index is 12.3. The first-order chi connectivity index (χ1) is 12.7. The molecule has 0 radical (unpaired) electrons. The van der Waals surface area contributed by atoms with E-state index in [0.717, 1.165) is 25.0 Å². The Morgan fingerprint density at radius 1 is 1.31 bits per heavy atom. The summed E-state index contributed by atoms with van der Waals surface area (Å²) in [5.74, 6) is 0.121. The van der Waals surface area contributed by atoms with Crippen molar-refractivity contribution in [2.75, 3.05) is 18.5 Å². The molecule has 8 heteroatoms. The van der Waals surface area contributed by atoms with Crippen molar-refractivity contribution in [2.24, 2.45) is 0 Å². The van der Waals surface area contributed by atoms with Gasteiger partial charge in [0.2, 0.25) is 5.95 Å². The molecule has 134 valence electrons. The Morgan fingerprint density at radius 2 is 2.19 bits per heavy atom. The number of fused-ring (bicyclic) bond motifs is 1. The maximum Gasteiger partial charge on any atom is 0.302 e. The minimum atomic E-state index is -0.202. The van der Waals surface area contributed by atoms with Gasteiger partial charge in [-0.1, -0.05) is 12.1 Å². The van der Waals surface area contributed by atoms with Crippen molar-refractivity contribution in [1.29, 1.82) is 0 Å². The predicted molar refractivity (Wildman–Crippen MR) is 95.4 cm³/mol. The first kappa shape index (κ1) is 16.5. The first-order valence-corrected chi connectivity index (χ1v) is 8.55. The van der Waals surface area contributed by atoms with E-state index < -0.39 is 0 Å². The van der Waals surface area contributed by atoms with Crippen LogP contribution < -0.4 is 10.6 Å². The summed E-state index contributed by atoms with van der Waals surface area (Å²) in [5.41, 5.74) is 2.43. The van der Waals surface area contributed by atoms with Gasteiger partial charge < -0.3 is 14.5 Å². The number of oxazole rings is 1. The van der Waals surface area contributed by atoms with E-state index in [1.54, 1.807) is 6.92 Å². The van der Waals surface area contributed by atoms with Crippen molar-refractivity contribution in [3.8, 4) is 0 Å². The fourth-order valence-corrected chi connectivity index (χ4v) is 2.88. The van der Waals surface area contributed by atoms with Gasteiger partial charge in [-0.25, -0.2) is 9.97 Å². The molecule has 0 unspecified atom stereocenters. The number of nitrogens with one attached hydrogen (secondary N) is 2. The third-order valence-electron chi connectivity index (χ3n) is 4.25. The molecule has 1 saturated heterocycles. The topological polar surface area (TPSA) is 102 Å². The van der Waals surface area contributed by atoms with E-state index in [9.17, 15) is 4.79 Å². The van der Waals surface area contributed by atoms with E-state index in [1.165, 1.54) is 6.20 Å². The predicted octanol–water partition coefficient (Wildman–Crippen LogP) is 2.58. The molecular formula is C18H19N5O3. The highest BCUT2D eigenvalue weighted by Gasteiger charge is 2.18. The van der Waals surface area contributed by atoms with E-state index >= 15 is 0 Å².